The number of hydrogen-bond acceptors (Lipinski definition) is 6. The summed E-state index contributed by atoms with van der Waals surface area (Å²) in [6.45, 7) is 5.38. The molecule has 1 saturated heterocycles. The van der Waals surface area contributed by atoms with Gasteiger partial charge < -0.3 is 14.8 Å². The summed E-state index contributed by atoms with van der Waals surface area (Å²) in [6, 6.07) is 11.9. The highest BCUT2D eigenvalue weighted by atomic mass is 19.2. The van der Waals surface area contributed by atoms with Crippen LogP contribution in [0.2, 0.25) is 0 Å². The number of nitrogens with one attached hydrogen (secondary N) is 1. The Morgan fingerprint density at radius 3 is 2.59 bits per heavy atom. The van der Waals surface area contributed by atoms with Gasteiger partial charge in [0.15, 0.2) is 23.3 Å². The number of piperazine rings is 1. The van der Waals surface area contributed by atoms with Crippen LogP contribution in [0.3, 0.4) is 0 Å². The minimum absolute atomic E-state index is 0.171. The first-order valence-electron chi connectivity index (χ1n) is 12.2. The van der Waals surface area contributed by atoms with Crippen LogP contribution in [0.1, 0.15) is 23.9 Å². The summed E-state index contributed by atoms with van der Waals surface area (Å²) in [6.07, 6.45) is 0.635. The number of nitrogens with zero attached hydrogens (tertiary/aromatic N) is 6. The summed E-state index contributed by atoms with van der Waals surface area (Å²) >= 11 is 0. The smallest absolute Gasteiger partial charge is 0.217 e. The Bertz CT molecular complexity index is 1530. The van der Waals surface area contributed by atoms with Crippen LogP contribution in [0.15, 0.2) is 36.4 Å². The molecule has 4 aromatic rings. The molecule has 190 valence electrons. The molecule has 8 nitrogen and oxygen atoms in total. The lowest BCUT2D eigenvalue weighted by atomic mass is 10.1. The van der Waals surface area contributed by atoms with Crippen molar-refractivity contribution in [2.45, 2.75) is 19.9 Å². The van der Waals surface area contributed by atoms with Gasteiger partial charge in [-0.1, -0.05) is 12.1 Å². The lowest BCUT2D eigenvalue weighted by Crippen LogP contribution is -2.47. The fourth-order valence-corrected chi connectivity index (χ4v) is 4.92. The van der Waals surface area contributed by atoms with Crippen molar-refractivity contribution in [3.63, 3.8) is 0 Å². The highest BCUT2D eigenvalue weighted by Gasteiger charge is 2.25. The molecule has 10 heteroatoms. The third kappa shape index (κ3) is 4.82. The first-order chi connectivity index (χ1) is 17.9. The van der Waals surface area contributed by atoms with Gasteiger partial charge >= 0.3 is 0 Å². The lowest BCUT2D eigenvalue weighted by Gasteiger charge is -2.35. The minimum atomic E-state index is -0.832. The predicted octanol–water partition coefficient (Wildman–Crippen LogP) is 3.27. The maximum atomic E-state index is 13.6. The van der Waals surface area contributed by atoms with Crippen LogP contribution in [-0.4, -0.2) is 58.1 Å². The van der Waals surface area contributed by atoms with Crippen molar-refractivity contribution in [1.29, 1.82) is 5.26 Å². The van der Waals surface area contributed by atoms with Crippen LogP contribution in [0.25, 0.3) is 21.9 Å². The summed E-state index contributed by atoms with van der Waals surface area (Å²) in [5.74, 6) is -0.566. The van der Waals surface area contributed by atoms with Crippen LogP contribution in [0.4, 0.5) is 14.6 Å². The Morgan fingerprint density at radius 1 is 1.11 bits per heavy atom. The first-order valence-corrected chi connectivity index (χ1v) is 12.2. The van der Waals surface area contributed by atoms with Gasteiger partial charge in [0.1, 0.15) is 11.0 Å². The van der Waals surface area contributed by atoms with Gasteiger partial charge in [0.25, 0.3) is 0 Å². The van der Waals surface area contributed by atoms with E-state index in [0.29, 0.717) is 23.3 Å². The van der Waals surface area contributed by atoms with E-state index in [1.807, 2.05) is 23.7 Å². The highest BCUT2D eigenvalue weighted by molar-refractivity contribution is 6.11. The molecular weight excluding hydrogens is 476 g/mol. The number of benzene rings is 2. The monoisotopic (exact) mass is 503 g/mol. The van der Waals surface area contributed by atoms with Gasteiger partial charge in [-0.05, 0) is 36.2 Å². The molecule has 1 amide bonds. The van der Waals surface area contributed by atoms with Crippen molar-refractivity contribution < 1.29 is 13.6 Å². The molecule has 2 aromatic heterocycles. The Morgan fingerprint density at radius 2 is 1.89 bits per heavy atom. The number of carbonyl (C=O) groups is 1. The van der Waals surface area contributed by atoms with E-state index in [4.69, 9.17) is 9.97 Å². The molecular formula is C27H27F2N7O. The number of nitriles is 1. The Hall–Kier alpha value is -4.10. The molecule has 0 radical (unpaired) electrons. The van der Waals surface area contributed by atoms with E-state index < -0.39 is 11.6 Å². The fraction of sp³-hybridized carbons (Fsp3) is 0.333. The zero-order valence-electron chi connectivity index (χ0n) is 20.8. The van der Waals surface area contributed by atoms with Gasteiger partial charge in [-0.3, -0.25) is 9.69 Å². The zero-order chi connectivity index (χ0) is 26.1. The van der Waals surface area contributed by atoms with Crippen molar-refractivity contribution in [1.82, 2.24) is 24.8 Å². The molecule has 0 bridgehead atoms. The molecule has 0 aliphatic carbocycles. The van der Waals surface area contributed by atoms with E-state index in [1.54, 1.807) is 12.1 Å². The van der Waals surface area contributed by atoms with E-state index in [0.717, 1.165) is 60.5 Å². The summed E-state index contributed by atoms with van der Waals surface area (Å²) in [5.41, 5.74) is 3.75. The predicted molar refractivity (Wildman–Crippen MR) is 137 cm³/mol. The Balaban J connectivity index is 1.43. The maximum Gasteiger partial charge on any atom is 0.217 e. The number of halogens is 2. The van der Waals surface area contributed by atoms with Crippen molar-refractivity contribution >= 4 is 33.7 Å². The van der Waals surface area contributed by atoms with Gasteiger partial charge in [-0.2, -0.15) is 5.26 Å². The molecule has 3 heterocycles. The number of amides is 1. The summed E-state index contributed by atoms with van der Waals surface area (Å²) in [7, 11) is 1.95. The molecule has 0 unspecified atom stereocenters. The molecule has 0 spiro atoms. The fourth-order valence-electron chi connectivity index (χ4n) is 4.92. The van der Waals surface area contributed by atoms with Crippen molar-refractivity contribution in [3.05, 3.63) is 65.0 Å². The van der Waals surface area contributed by atoms with E-state index >= 15 is 0 Å². The van der Waals surface area contributed by atoms with Crippen LogP contribution in [0.5, 0.6) is 0 Å². The molecule has 0 atom stereocenters. The molecule has 0 saturated carbocycles. The van der Waals surface area contributed by atoms with Crippen LogP contribution >= 0.6 is 0 Å². The quantitative estimate of drug-likeness (QED) is 0.435. The highest BCUT2D eigenvalue weighted by Crippen LogP contribution is 2.34. The topological polar surface area (TPSA) is 90.1 Å². The zero-order valence-corrected chi connectivity index (χ0v) is 20.8. The second kappa shape index (κ2) is 10.1. The van der Waals surface area contributed by atoms with Gasteiger partial charge in [0.05, 0.1) is 23.7 Å². The van der Waals surface area contributed by atoms with Gasteiger partial charge in [-0.15, -0.1) is 0 Å². The third-order valence-corrected chi connectivity index (χ3v) is 6.88. The van der Waals surface area contributed by atoms with Crippen LogP contribution < -0.4 is 10.2 Å². The first kappa shape index (κ1) is 24.6. The number of fused-ring (bicyclic) bond motifs is 3. The minimum Gasteiger partial charge on any atom is -0.352 e. The van der Waals surface area contributed by atoms with Crippen molar-refractivity contribution in [2.75, 3.05) is 37.6 Å². The normalized spacial score (nSPS) is 14.3. The van der Waals surface area contributed by atoms with E-state index in [2.05, 4.69) is 21.2 Å². The van der Waals surface area contributed by atoms with Gasteiger partial charge in [0, 0.05) is 52.1 Å². The average molecular weight is 504 g/mol. The Labute approximate surface area is 213 Å². The lowest BCUT2D eigenvalue weighted by molar-refractivity contribution is -0.119. The van der Waals surface area contributed by atoms with Gasteiger partial charge in [0.2, 0.25) is 5.91 Å². The van der Waals surface area contributed by atoms with Crippen molar-refractivity contribution in [3.8, 4) is 6.07 Å². The maximum absolute atomic E-state index is 13.6. The number of anilines is 1. The largest absolute Gasteiger partial charge is 0.352 e. The average Bonchev–Trinajstić information content (AvgIpc) is 3.20. The Kier molecular flexibility index (Phi) is 6.72. The standard InChI is InChI=1S/C27H27F2N7O/c1-17(37)31-16-23-32-25-24-19(15-30)4-3-5-22(24)34(2)26(25)27(33-23)36-12-10-35(11-13-36)9-8-18-6-7-20(28)21(29)14-18/h3-7,14H,8-13,16H2,1-2H3,(H,31,37). The molecule has 5 rings (SSSR count). The van der Waals surface area contributed by atoms with E-state index in [-0.39, 0.29) is 12.5 Å². The molecule has 1 aliphatic heterocycles. The third-order valence-electron chi connectivity index (χ3n) is 6.88. The van der Waals surface area contributed by atoms with Crippen molar-refractivity contribution in [2.24, 2.45) is 7.05 Å². The number of hydrogen-bond donors (Lipinski definition) is 1. The number of rotatable bonds is 6. The molecule has 1 N–H and O–H groups in total. The number of carbonyl (C=O) groups excluding carboxylic acids is 1. The van der Waals surface area contributed by atoms with E-state index in [9.17, 15) is 18.8 Å². The van der Waals surface area contributed by atoms with Gasteiger partial charge in [-0.25, -0.2) is 18.7 Å². The molecule has 1 fully saturated rings. The molecule has 37 heavy (non-hydrogen) atoms. The second-order valence-electron chi connectivity index (χ2n) is 9.27. The van der Waals surface area contributed by atoms with Crippen LogP contribution in [-0.2, 0) is 24.8 Å². The summed E-state index contributed by atoms with van der Waals surface area (Å²) in [5, 5.41) is 13.3. The summed E-state index contributed by atoms with van der Waals surface area (Å²) < 4.78 is 28.8. The number of aryl methyl sites for hydroxylation is 1. The summed E-state index contributed by atoms with van der Waals surface area (Å²) in [4.78, 5) is 25.7. The second-order valence-corrected chi connectivity index (χ2v) is 9.27. The SMILES string of the molecule is CC(=O)NCc1nc(N2CCN(CCc3ccc(F)c(F)c3)CC2)c2c(n1)c1c(C#N)cccc1n2C. The molecule has 1 aliphatic rings. The molecule has 2 aromatic carbocycles. The van der Waals surface area contributed by atoms with E-state index in [1.165, 1.54) is 19.1 Å². The van der Waals surface area contributed by atoms with Crippen LogP contribution in [0, 0.1) is 23.0 Å². The number of aromatic nitrogens is 3.